The zero-order valence-electron chi connectivity index (χ0n) is 9.29. The topological polar surface area (TPSA) is 9.72 Å². The van der Waals surface area contributed by atoms with E-state index in [2.05, 4.69) is 33.8 Å². The van der Waals surface area contributed by atoms with Crippen molar-refractivity contribution < 1.29 is 0 Å². The van der Waals surface area contributed by atoms with Crippen LogP contribution in [0, 0.1) is 0 Å². The average molecular weight is 199 g/mol. The van der Waals surface area contributed by atoms with Gasteiger partial charge in [0, 0.05) is 0 Å². The maximum atomic E-state index is 2.69. The van der Waals surface area contributed by atoms with E-state index in [0.29, 0.717) is 0 Å². The minimum absolute atomic E-state index is 0.0499. The van der Waals surface area contributed by atoms with Crippen LogP contribution in [0.3, 0.4) is 0 Å². The normalized spacial score (nSPS) is 20.6. The molecule has 0 saturated carbocycles. The second-order valence-corrected chi connectivity index (χ2v) is 6.61. The van der Waals surface area contributed by atoms with Crippen LogP contribution in [-0.2, 0) is 0 Å². The Labute approximate surface area is 88.8 Å². The van der Waals surface area contributed by atoms with Gasteiger partial charge in [-0.05, 0) is 60.2 Å². The van der Waals surface area contributed by atoms with Crippen LogP contribution < -0.4 is 0 Å². The van der Waals surface area contributed by atoms with Crippen molar-refractivity contribution in [1.29, 1.82) is 0 Å². The summed E-state index contributed by atoms with van der Waals surface area (Å²) in [7, 11) is 6.57. The van der Waals surface area contributed by atoms with Crippen LogP contribution in [0.1, 0.15) is 12.8 Å². The molecule has 0 unspecified atom stereocenters. The van der Waals surface area contributed by atoms with Gasteiger partial charge in [-0.1, -0.05) is 0 Å². The fourth-order valence-corrected chi connectivity index (χ4v) is 3.62. The Balaban J connectivity index is 2.06. The molecule has 0 aliphatic carbocycles. The third-order valence-corrected chi connectivity index (χ3v) is 4.37. The van der Waals surface area contributed by atoms with Crippen LogP contribution in [0.4, 0.5) is 0 Å². The third-order valence-electron chi connectivity index (χ3n) is 2.54. The van der Waals surface area contributed by atoms with Crippen molar-refractivity contribution in [3.05, 3.63) is 0 Å². The summed E-state index contributed by atoms with van der Waals surface area (Å²) >= 11 is -0.0499. The molecule has 76 valence electrons. The molecule has 0 bridgehead atoms. The first kappa shape index (κ1) is 11.5. The Morgan fingerprint density at radius 1 is 1.31 bits per heavy atom. The maximum Gasteiger partial charge on any atom is 0.462 e. The van der Waals surface area contributed by atoms with Gasteiger partial charge in [0.2, 0.25) is 0 Å². The second kappa shape index (κ2) is 6.00. The predicted molar refractivity (Wildman–Crippen MR) is 59.1 cm³/mol. The highest BCUT2D eigenvalue weighted by Crippen LogP contribution is 2.01. The molecule has 0 atom stereocenters. The molecule has 0 spiro atoms. The van der Waals surface area contributed by atoms with Crippen LogP contribution in [0.2, 0.25) is 0 Å². The van der Waals surface area contributed by atoms with Crippen LogP contribution in [-0.4, -0.2) is 75.6 Å². The fourth-order valence-electron chi connectivity index (χ4n) is 1.84. The van der Waals surface area contributed by atoms with E-state index in [1.165, 1.54) is 39.0 Å². The SMILES string of the molecule is CN(C)CCC[N]1CCC[N](C)[AlH]1. The Kier molecular flexibility index (Phi) is 5.30. The lowest BCUT2D eigenvalue weighted by atomic mass is 10.3. The highest BCUT2D eigenvalue weighted by atomic mass is 27.1. The zero-order valence-corrected chi connectivity index (χ0v) is 10.7. The fraction of sp³-hybridized carbons (Fsp3) is 1.00. The number of hydrogen-bond acceptors (Lipinski definition) is 3. The second-order valence-electron chi connectivity index (χ2n) is 4.35. The van der Waals surface area contributed by atoms with Crippen LogP contribution in [0.5, 0.6) is 0 Å². The first-order valence-corrected chi connectivity index (χ1v) is 6.50. The van der Waals surface area contributed by atoms with Crippen LogP contribution in [0.25, 0.3) is 0 Å². The molecule has 4 heteroatoms. The molecule has 1 aliphatic rings. The van der Waals surface area contributed by atoms with Gasteiger partial charge in [-0.15, -0.1) is 0 Å². The molecule has 13 heavy (non-hydrogen) atoms. The summed E-state index contributed by atoms with van der Waals surface area (Å²) in [6.07, 6.45) is 2.69. The standard InChI is InChI=1S/C9H21N3.Al.H/c1-10-6-4-7-11-8-5-9-12(2)3;;/h4-9H2,1-3H3;;/q-2;+2;. The van der Waals surface area contributed by atoms with Crippen molar-refractivity contribution in [3.8, 4) is 0 Å². The van der Waals surface area contributed by atoms with Gasteiger partial charge in [0.15, 0.2) is 0 Å². The molecule has 3 nitrogen and oxygen atoms in total. The quantitative estimate of drug-likeness (QED) is 0.583. The van der Waals surface area contributed by atoms with Crippen LogP contribution >= 0.6 is 0 Å². The molecule has 0 aromatic heterocycles. The summed E-state index contributed by atoms with van der Waals surface area (Å²) in [4.78, 5) is 2.27. The Bertz CT molecular complexity index is 141. The lowest BCUT2D eigenvalue weighted by Gasteiger charge is -2.32. The van der Waals surface area contributed by atoms with Crippen molar-refractivity contribution in [2.24, 2.45) is 0 Å². The van der Waals surface area contributed by atoms with E-state index >= 15 is 0 Å². The van der Waals surface area contributed by atoms with Gasteiger partial charge in [-0.25, -0.2) is 0 Å². The maximum absolute atomic E-state index is 2.69. The van der Waals surface area contributed by atoms with Crippen molar-refractivity contribution in [3.63, 3.8) is 0 Å². The summed E-state index contributed by atoms with van der Waals surface area (Å²) in [5.74, 6) is 0. The highest BCUT2D eigenvalue weighted by molar-refractivity contribution is 6.28. The average Bonchev–Trinajstić information content (AvgIpc) is 2.03. The lowest BCUT2D eigenvalue weighted by molar-refractivity contribution is 0.303. The summed E-state index contributed by atoms with van der Waals surface area (Å²) in [6, 6.07) is 0. The predicted octanol–water partition coefficient (Wildman–Crippen LogP) is -0.158. The smallest absolute Gasteiger partial charge is 0.377 e. The van der Waals surface area contributed by atoms with E-state index in [-0.39, 0.29) is 15.7 Å². The van der Waals surface area contributed by atoms with Crippen molar-refractivity contribution in [2.45, 2.75) is 12.8 Å². The molecule has 1 fully saturated rings. The molecule has 1 aliphatic heterocycles. The van der Waals surface area contributed by atoms with Crippen molar-refractivity contribution in [2.75, 3.05) is 47.3 Å². The molecule has 0 aromatic rings. The van der Waals surface area contributed by atoms with Gasteiger partial charge in [0.1, 0.15) is 0 Å². The molecule has 0 radical (unpaired) electrons. The molecule has 0 amide bonds. The number of rotatable bonds is 4. The largest absolute Gasteiger partial charge is 0.462 e. The van der Waals surface area contributed by atoms with Crippen molar-refractivity contribution >= 4 is 15.7 Å². The van der Waals surface area contributed by atoms with Gasteiger partial charge in [0.05, 0.1) is 0 Å². The summed E-state index contributed by atoms with van der Waals surface area (Å²) in [6.45, 7) is 5.23. The third kappa shape index (κ3) is 5.00. The Morgan fingerprint density at radius 3 is 2.69 bits per heavy atom. The van der Waals surface area contributed by atoms with Crippen LogP contribution in [0.15, 0.2) is 0 Å². The van der Waals surface area contributed by atoms with E-state index in [0.717, 1.165) is 0 Å². The lowest BCUT2D eigenvalue weighted by Crippen LogP contribution is -2.46. The van der Waals surface area contributed by atoms with Gasteiger partial charge in [-0.3, -0.25) is 0 Å². The zero-order chi connectivity index (χ0) is 9.68. The Morgan fingerprint density at radius 2 is 2.08 bits per heavy atom. The summed E-state index contributed by atoms with van der Waals surface area (Å²) in [5, 5.41) is 0. The van der Waals surface area contributed by atoms with E-state index in [9.17, 15) is 0 Å². The van der Waals surface area contributed by atoms with E-state index in [4.69, 9.17) is 0 Å². The van der Waals surface area contributed by atoms with Crippen molar-refractivity contribution in [1.82, 2.24) is 12.7 Å². The minimum Gasteiger partial charge on any atom is -0.377 e. The van der Waals surface area contributed by atoms with E-state index < -0.39 is 0 Å². The first-order valence-electron chi connectivity index (χ1n) is 5.24. The minimum atomic E-state index is -0.0499. The first-order chi connectivity index (χ1) is 6.18. The molecule has 1 saturated heterocycles. The number of hydrogen-bond donors (Lipinski definition) is 0. The summed E-state index contributed by atoms with van der Waals surface area (Å²) < 4.78 is 5.23. The Hall–Kier alpha value is 0.412. The molecule has 0 N–H and O–H groups in total. The summed E-state index contributed by atoms with van der Waals surface area (Å²) in [5.41, 5.74) is 0. The van der Waals surface area contributed by atoms with Gasteiger partial charge in [0.25, 0.3) is 0 Å². The van der Waals surface area contributed by atoms with E-state index in [1.54, 1.807) is 0 Å². The molecular weight excluding hydrogens is 177 g/mol. The van der Waals surface area contributed by atoms with Gasteiger partial charge >= 0.3 is 15.7 Å². The van der Waals surface area contributed by atoms with E-state index in [1.807, 2.05) is 0 Å². The molecule has 1 rings (SSSR count). The molecule has 0 aromatic carbocycles. The number of nitrogens with zero attached hydrogens (tertiary/aromatic N) is 3. The monoisotopic (exact) mass is 199 g/mol. The highest BCUT2D eigenvalue weighted by Gasteiger charge is 2.16. The van der Waals surface area contributed by atoms with Gasteiger partial charge in [-0.2, -0.15) is 0 Å². The molecular formula is C9H22AlN3. The molecule has 1 heterocycles. The van der Waals surface area contributed by atoms with Gasteiger partial charge < -0.3 is 12.7 Å².